The molecule has 0 atom stereocenters. The molecule has 7 heteroatoms. The molecule has 5 nitrogen and oxygen atoms in total. The first-order valence-electron chi connectivity index (χ1n) is 7.22. The molecular formula is C16H18ClNO4S. The number of methoxy groups -OCH3 is 1. The lowest BCUT2D eigenvalue weighted by Crippen LogP contribution is -2.00. The van der Waals surface area contributed by atoms with Crippen LogP contribution in [0.1, 0.15) is 25.5 Å². The fraction of sp³-hybridized carbons (Fsp3) is 0.375. The Labute approximate surface area is 143 Å². The number of carboxylic acid groups (broad SMARTS) is 1. The van der Waals surface area contributed by atoms with Crippen LogP contribution < -0.4 is 9.47 Å². The van der Waals surface area contributed by atoms with Gasteiger partial charge in [-0.3, -0.25) is 4.79 Å². The van der Waals surface area contributed by atoms with Crippen LogP contribution in [0.25, 0.3) is 10.6 Å². The molecule has 2 aromatic rings. The van der Waals surface area contributed by atoms with Crippen molar-refractivity contribution in [2.24, 2.45) is 0 Å². The number of hydrogen-bond donors (Lipinski definition) is 1. The van der Waals surface area contributed by atoms with Crippen molar-refractivity contribution in [3.05, 3.63) is 28.2 Å². The van der Waals surface area contributed by atoms with E-state index in [9.17, 15) is 4.79 Å². The van der Waals surface area contributed by atoms with Gasteiger partial charge in [0.2, 0.25) is 0 Å². The van der Waals surface area contributed by atoms with Gasteiger partial charge in [-0.25, -0.2) is 4.98 Å². The third kappa shape index (κ3) is 4.59. The van der Waals surface area contributed by atoms with E-state index in [1.165, 1.54) is 11.3 Å². The maximum absolute atomic E-state index is 10.7. The molecule has 1 heterocycles. The largest absolute Gasteiger partial charge is 0.493 e. The minimum absolute atomic E-state index is 0.0976. The average molecular weight is 356 g/mol. The lowest BCUT2D eigenvalue weighted by Gasteiger charge is -2.13. The third-order valence-corrected chi connectivity index (χ3v) is 4.33. The Morgan fingerprint density at radius 1 is 1.43 bits per heavy atom. The highest BCUT2D eigenvalue weighted by Gasteiger charge is 2.15. The molecule has 1 aromatic carbocycles. The van der Waals surface area contributed by atoms with Gasteiger partial charge in [-0.2, -0.15) is 0 Å². The zero-order valence-corrected chi connectivity index (χ0v) is 14.5. The van der Waals surface area contributed by atoms with E-state index in [-0.39, 0.29) is 6.42 Å². The summed E-state index contributed by atoms with van der Waals surface area (Å²) in [6.45, 7) is 2.66. The highest BCUT2D eigenvalue weighted by molar-refractivity contribution is 7.13. The van der Waals surface area contributed by atoms with Crippen LogP contribution in [0.15, 0.2) is 17.5 Å². The van der Waals surface area contributed by atoms with Crippen LogP contribution in [0.5, 0.6) is 11.5 Å². The number of carbonyl (C=O) groups is 1. The first-order valence-corrected chi connectivity index (χ1v) is 8.47. The number of carboxylic acids is 1. The lowest BCUT2D eigenvalue weighted by molar-refractivity contribution is -0.136. The summed E-state index contributed by atoms with van der Waals surface area (Å²) in [6.07, 6.45) is 1.87. The van der Waals surface area contributed by atoms with Crippen molar-refractivity contribution in [3.8, 4) is 22.1 Å². The van der Waals surface area contributed by atoms with Crippen molar-refractivity contribution >= 4 is 28.9 Å². The number of benzene rings is 1. The number of nitrogens with zero attached hydrogens (tertiary/aromatic N) is 1. The standard InChI is InChI=1S/C16H18ClNO4S/c1-3-4-5-22-15-12(17)6-10(7-13(15)21-2)16-18-11(9-23-16)8-14(19)20/h6-7,9H,3-5,8H2,1-2H3,(H,19,20). The van der Waals surface area contributed by atoms with Crippen LogP contribution >= 0.6 is 22.9 Å². The SMILES string of the molecule is CCCCOc1c(Cl)cc(-c2nc(CC(=O)O)cs2)cc1OC. The summed E-state index contributed by atoms with van der Waals surface area (Å²) >= 11 is 7.68. The van der Waals surface area contributed by atoms with Crippen LogP contribution in [0.3, 0.4) is 0 Å². The molecule has 1 N–H and O–H groups in total. The highest BCUT2D eigenvalue weighted by atomic mass is 35.5. The monoisotopic (exact) mass is 355 g/mol. The number of aliphatic carboxylic acids is 1. The van der Waals surface area contributed by atoms with Crippen LogP contribution in [0, 0.1) is 0 Å². The van der Waals surface area contributed by atoms with E-state index in [1.807, 2.05) is 0 Å². The molecule has 0 radical (unpaired) electrons. The zero-order chi connectivity index (χ0) is 16.8. The summed E-state index contributed by atoms with van der Waals surface area (Å²) in [7, 11) is 1.56. The van der Waals surface area contributed by atoms with Gasteiger partial charge in [0.05, 0.1) is 30.9 Å². The Morgan fingerprint density at radius 2 is 2.22 bits per heavy atom. The Hall–Kier alpha value is -1.79. The van der Waals surface area contributed by atoms with E-state index < -0.39 is 5.97 Å². The Balaban J connectivity index is 2.28. The van der Waals surface area contributed by atoms with Gasteiger partial charge in [0.15, 0.2) is 11.5 Å². The van der Waals surface area contributed by atoms with Gasteiger partial charge in [0.1, 0.15) is 5.01 Å². The number of halogens is 1. The van der Waals surface area contributed by atoms with Gasteiger partial charge >= 0.3 is 5.97 Å². The van der Waals surface area contributed by atoms with Crippen LogP contribution in [0.4, 0.5) is 0 Å². The fourth-order valence-corrected chi connectivity index (χ4v) is 3.05. The minimum atomic E-state index is -0.905. The van der Waals surface area contributed by atoms with E-state index in [1.54, 1.807) is 24.6 Å². The van der Waals surface area contributed by atoms with E-state index in [4.69, 9.17) is 26.2 Å². The van der Waals surface area contributed by atoms with Gasteiger partial charge in [-0.15, -0.1) is 11.3 Å². The van der Waals surface area contributed by atoms with Crippen molar-refractivity contribution in [1.82, 2.24) is 4.98 Å². The molecule has 0 fully saturated rings. The van der Waals surface area contributed by atoms with E-state index in [0.29, 0.717) is 33.8 Å². The summed E-state index contributed by atoms with van der Waals surface area (Å²) in [6, 6.07) is 3.56. The smallest absolute Gasteiger partial charge is 0.309 e. The number of rotatable bonds is 8. The van der Waals surface area contributed by atoms with Crippen LogP contribution in [-0.2, 0) is 11.2 Å². The average Bonchev–Trinajstić information content (AvgIpc) is 2.96. The molecule has 124 valence electrons. The first kappa shape index (κ1) is 17.6. The molecule has 0 amide bonds. The van der Waals surface area contributed by atoms with Crippen LogP contribution in [-0.4, -0.2) is 29.8 Å². The normalized spacial score (nSPS) is 10.6. The van der Waals surface area contributed by atoms with Gasteiger partial charge in [0.25, 0.3) is 0 Å². The van der Waals surface area contributed by atoms with Crippen molar-refractivity contribution in [2.45, 2.75) is 26.2 Å². The predicted octanol–water partition coefficient (Wildman–Crippen LogP) is 4.28. The second kappa shape index (κ2) is 8.17. The number of aromatic nitrogens is 1. The number of hydrogen-bond acceptors (Lipinski definition) is 5. The zero-order valence-electron chi connectivity index (χ0n) is 13.0. The molecular weight excluding hydrogens is 338 g/mol. The minimum Gasteiger partial charge on any atom is -0.493 e. The molecule has 2 rings (SSSR count). The number of ether oxygens (including phenoxy) is 2. The Morgan fingerprint density at radius 3 is 2.87 bits per heavy atom. The molecule has 0 saturated carbocycles. The van der Waals surface area contributed by atoms with E-state index >= 15 is 0 Å². The molecule has 0 bridgehead atoms. The Kier molecular flexibility index (Phi) is 6.24. The maximum atomic E-state index is 10.7. The quantitative estimate of drug-likeness (QED) is 0.716. The van der Waals surface area contributed by atoms with Crippen molar-refractivity contribution < 1.29 is 19.4 Å². The topological polar surface area (TPSA) is 68.7 Å². The van der Waals surface area contributed by atoms with E-state index in [2.05, 4.69) is 11.9 Å². The van der Waals surface area contributed by atoms with Crippen molar-refractivity contribution in [2.75, 3.05) is 13.7 Å². The van der Waals surface area contributed by atoms with E-state index in [0.717, 1.165) is 18.4 Å². The summed E-state index contributed by atoms with van der Waals surface area (Å²) in [4.78, 5) is 15.1. The molecule has 0 unspecified atom stereocenters. The van der Waals surface area contributed by atoms with Crippen molar-refractivity contribution in [3.63, 3.8) is 0 Å². The highest BCUT2D eigenvalue weighted by Crippen LogP contribution is 2.40. The summed E-state index contributed by atoms with van der Waals surface area (Å²) in [5.74, 6) is 0.157. The fourth-order valence-electron chi connectivity index (χ4n) is 1.98. The predicted molar refractivity (Wildman–Crippen MR) is 90.9 cm³/mol. The summed E-state index contributed by atoms with van der Waals surface area (Å²) in [5.41, 5.74) is 1.30. The number of unbranched alkanes of at least 4 members (excludes halogenated alkanes) is 1. The molecule has 0 aliphatic carbocycles. The number of thiazole rings is 1. The third-order valence-electron chi connectivity index (χ3n) is 3.10. The first-order chi connectivity index (χ1) is 11.0. The molecule has 0 spiro atoms. The molecule has 0 aliphatic rings. The molecule has 23 heavy (non-hydrogen) atoms. The van der Waals surface area contributed by atoms with Crippen molar-refractivity contribution in [1.29, 1.82) is 0 Å². The van der Waals surface area contributed by atoms with Gasteiger partial charge in [0, 0.05) is 10.9 Å². The van der Waals surface area contributed by atoms with Gasteiger partial charge < -0.3 is 14.6 Å². The molecule has 0 saturated heterocycles. The second-order valence-corrected chi connectivity index (χ2v) is 6.17. The second-order valence-electron chi connectivity index (χ2n) is 4.91. The maximum Gasteiger partial charge on any atom is 0.309 e. The van der Waals surface area contributed by atoms with Gasteiger partial charge in [-0.1, -0.05) is 24.9 Å². The lowest BCUT2D eigenvalue weighted by atomic mass is 10.2. The van der Waals surface area contributed by atoms with Gasteiger partial charge in [-0.05, 0) is 18.6 Å². The summed E-state index contributed by atoms with van der Waals surface area (Å²) < 4.78 is 11.1. The summed E-state index contributed by atoms with van der Waals surface area (Å²) in [5, 5.41) is 11.7. The Bertz CT molecular complexity index is 687. The molecule has 0 aliphatic heterocycles. The molecule has 1 aromatic heterocycles. The van der Waals surface area contributed by atoms with Crippen LogP contribution in [0.2, 0.25) is 5.02 Å².